The number of rotatable bonds is 4. The summed E-state index contributed by atoms with van der Waals surface area (Å²) in [6, 6.07) is 15.4. The summed E-state index contributed by atoms with van der Waals surface area (Å²) in [6.07, 6.45) is 0.251. The van der Waals surface area contributed by atoms with Crippen molar-refractivity contribution in [3.63, 3.8) is 0 Å². The molecular formula is C24H24N2O3. The summed E-state index contributed by atoms with van der Waals surface area (Å²) in [5.74, 6) is 0.676. The molecule has 5 heteroatoms. The van der Waals surface area contributed by atoms with Gasteiger partial charge in [-0.25, -0.2) is 0 Å². The van der Waals surface area contributed by atoms with Crippen LogP contribution < -0.4 is 0 Å². The lowest BCUT2D eigenvalue weighted by Crippen LogP contribution is -2.15. The number of hydrogen-bond donors (Lipinski definition) is 1. The van der Waals surface area contributed by atoms with Crippen molar-refractivity contribution in [3.05, 3.63) is 76.7 Å². The SMILES string of the molecule is CC(=O)C[C@@H]1N=C(c2ccc(C(C)(C)O)cc2)c2ccccc2-c2c(C)noc21. The number of carbonyl (C=O) groups excluding carboxylic acids is 1. The van der Waals surface area contributed by atoms with E-state index in [9.17, 15) is 9.90 Å². The van der Waals surface area contributed by atoms with Crippen molar-refractivity contribution < 1.29 is 14.4 Å². The van der Waals surface area contributed by atoms with Crippen molar-refractivity contribution in [1.82, 2.24) is 5.16 Å². The Morgan fingerprint density at radius 2 is 1.76 bits per heavy atom. The Hall–Kier alpha value is -3.05. The summed E-state index contributed by atoms with van der Waals surface area (Å²) in [5.41, 5.74) is 5.32. The van der Waals surface area contributed by atoms with Crippen molar-refractivity contribution in [2.45, 2.75) is 45.8 Å². The number of aromatic nitrogens is 1. The molecule has 0 bridgehead atoms. The fourth-order valence-electron chi connectivity index (χ4n) is 3.81. The average Bonchev–Trinajstić information content (AvgIpc) is 2.99. The van der Waals surface area contributed by atoms with Crippen LogP contribution in [0.25, 0.3) is 11.1 Å². The molecule has 0 saturated carbocycles. The zero-order chi connectivity index (χ0) is 20.8. The molecule has 1 N–H and O–H groups in total. The van der Waals surface area contributed by atoms with E-state index < -0.39 is 11.6 Å². The van der Waals surface area contributed by atoms with Crippen LogP contribution in [0.2, 0.25) is 0 Å². The second kappa shape index (κ2) is 7.08. The fraction of sp³-hybridized carbons (Fsp3) is 0.292. The van der Waals surface area contributed by atoms with Gasteiger partial charge in [-0.2, -0.15) is 0 Å². The van der Waals surface area contributed by atoms with Gasteiger partial charge < -0.3 is 9.63 Å². The monoisotopic (exact) mass is 388 g/mol. The zero-order valence-corrected chi connectivity index (χ0v) is 17.1. The van der Waals surface area contributed by atoms with Crippen LogP contribution in [0.4, 0.5) is 0 Å². The minimum Gasteiger partial charge on any atom is -0.386 e. The van der Waals surface area contributed by atoms with E-state index in [1.54, 1.807) is 20.8 Å². The molecule has 0 radical (unpaired) electrons. The maximum Gasteiger partial charge on any atom is 0.169 e. The van der Waals surface area contributed by atoms with E-state index in [4.69, 9.17) is 9.52 Å². The van der Waals surface area contributed by atoms with Crippen LogP contribution in [0.5, 0.6) is 0 Å². The number of aliphatic hydroxyl groups is 1. The van der Waals surface area contributed by atoms with Crippen LogP contribution in [0, 0.1) is 6.92 Å². The first-order valence-corrected chi connectivity index (χ1v) is 9.72. The standard InChI is InChI=1S/C24H24N2O3/c1-14(27)13-20-23-21(15(2)26-29-23)18-7-5-6-8-19(18)22(25-20)16-9-11-17(12-10-16)24(3,4)28/h5-12,20,28H,13H2,1-4H3/t20-/m0/s1. The number of aryl methyl sites for hydroxylation is 1. The van der Waals surface area contributed by atoms with Gasteiger partial charge in [0.15, 0.2) is 5.76 Å². The van der Waals surface area contributed by atoms with Gasteiger partial charge in [0, 0.05) is 17.5 Å². The van der Waals surface area contributed by atoms with Gasteiger partial charge in [-0.15, -0.1) is 0 Å². The second-order valence-corrected chi connectivity index (χ2v) is 8.09. The van der Waals surface area contributed by atoms with E-state index in [0.29, 0.717) is 5.76 Å². The highest BCUT2D eigenvalue weighted by atomic mass is 16.5. The number of Topliss-reactive ketones (excluding diaryl/α,β-unsaturated/α-hetero) is 1. The quantitative estimate of drug-likeness (QED) is 0.700. The summed E-state index contributed by atoms with van der Waals surface area (Å²) in [7, 11) is 0. The van der Waals surface area contributed by atoms with E-state index in [-0.39, 0.29) is 12.2 Å². The van der Waals surface area contributed by atoms with Crippen molar-refractivity contribution in [1.29, 1.82) is 0 Å². The molecule has 29 heavy (non-hydrogen) atoms. The molecule has 0 unspecified atom stereocenters. The van der Waals surface area contributed by atoms with Gasteiger partial charge in [-0.1, -0.05) is 53.7 Å². The molecule has 0 saturated heterocycles. The van der Waals surface area contributed by atoms with E-state index in [0.717, 1.165) is 39.2 Å². The second-order valence-electron chi connectivity index (χ2n) is 8.09. The van der Waals surface area contributed by atoms with Crippen molar-refractivity contribution >= 4 is 11.5 Å². The number of nitrogens with zero attached hydrogens (tertiary/aromatic N) is 2. The van der Waals surface area contributed by atoms with Gasteiger partial charge in [0.05, 0.1) is 22.6 Å². The number of ketones is 1. The number of carbonyl (C=O) groups is 1. The van der Waals surface area contributed by atoms with Crippen molar-refractivity contribution in [3.8, 4) is 11.1 Å². The van der Waals surface area contributed by atoms with Gasteiger partial charge in [-0.3, -0.25) is 9.79 Å². The third kappa shape index (κ3) is 3.54. The molecule has 0 fully saturated rings. The maximum absolute atomic E-state index is 12.0. The van der Waals surface area contributed by atoms with Gasteiger partial charge >= 0.3 is 0 Å². The largest absolute Gasteiger partial charge is 0.386 e. The summed E-state index contributed by atoms with van der Waals surface area (Å²) in [6.45, 7) is 7.00. The maximum atomic E-state index is 12.0. The van der Waals surface area contributed by atoms with Gasteiger partial charge in [0.1, 0.15) is 11.8 Å². The summed E-state index contributed by atoms with van der Waals surface area (Å²) in [4.78, 5) is 16.9. The molecule has 4 rings (SSSR count). The van der Waals surface area contributed by atoms with Crippen LogP contribution in [0.1, 0.15) is 61.4 Å². The first-order chi connectivity index (χ1) is 13.8. The van der Waals surface area contributed by atoms with E-state index in [1.165, 1.54) is 0 Å². The van der Waals surface area contributed by atoms with Gasteiger partial charge in [-0.05, 0) is 38.8 Å². The number of benzene rings is 2. The van der Waals surface area contributed by atoms with E-state index in [1.807, 2.05) is 55.5 Å². The summed E-state index contributed by atoms with van der Waals surface area (Å²) >= 11 is 0. The Kier molecular flexibility index (Phi) is 4.71. The van der Waals surface area contributed by atoms with Crippen LogP contribution in [0.3, 0.4) is 0 Å². The Morgan fingerprint density at radius 1 is 1.10 bits per heavy atom. The molecule has 0 spiro atoms. The first-order valence-electron chi connectivity index (χ1n) is 9.72. The lowest BCUT2D eigenvalue weighted by molar-refractivity contribution is -0.117. The molecule has 1 aromatic heterocycles. The Bertz CT molecular complexity index is 1100. The van der Waals surface area contributed by atoms with Gasteiger partial charge in [0.25, 0.3) is 0 Å². The Labute approximate surface area is 170 Å². The van der Waals surface area contributed by atoms with Crippen molar-refractivity contribution in [2.75, 3.05) is 0 Å². The minimum atomic E-state index is -0.914. The molecule has 0 aliphatic carbocycles. The lowest BCUT2D eigenvalue weighted by atomic mass is 9.91. The third-order valence-corrected chi connectivity index (χ3v) is 5.27. The van der Waals surface area contributed by atoms with E-state index in [2.05, 4.69) is 5.16 Å². The molecule has 5 nitrogen and oxygen atoms in total. The topological polar surface area (TPSA) is 75.7 Å². The molecule has 148 valence electrons. The highest BCUT2D eigenvalue weighted by Gasteiger charge is 2.31. The molecular weight excluding hydrogens is 364 g/mol. The first kappa shape index (κ1) is 19.3. The smallest absolute Gasteiger partial charge is 0.169 e. The molecule has 1 atom stereocenters. The molecule has 2 aromatic carbocycles. The Morgan fingerprint density at radius 3 is 2.38 bits per heavy atom. The predicted octanol–water partition coefficient (Wildman–Crippen LogP) is 4.75. The fourth-order valence-corrected chi connectivity index (χ4v) is 3.81. The molecule has 1 aliphatic heterocycles. The number of fused-ring (bicyclic) bond motifs is 3. The summed E-state index contributed by atoms with van der Waals surface area (Å²) < 4.78 is 5.64. The highest BCUT2D eigenvalue weighted by molar-refractivity contribution is 6.17. The third-order valence-electron chi connectivity index (χ3n) is 5.27. The van der Waals surface area contributed by atoms with E-state index >= 15 is 0 Å². The Balaban J connectivity index is 1.93. The number of hydrogen-bond acceptors (Lipinski definition) is 5. The van der Waals surface area contributed by atoms with Crippen LogP contribution in [0.15, 0.2) is 58.0 Å². The molecule has 1 aliphatic rings. The molecule has 0 amide bonds. The van der Waals surface area contributed by atoms with Gasteiger partial charge in [0.2, 0.25) is 0 Å². The predicted molar refractivity (Wildman–Crippen MR) is 112 cm³/mol. The van der Waals surface area contributed by atoms with Crippen molar-refractivity contribution in [2.24, 2.45) is 4.99 Å². The van der Waals surface area contributed by atoms with Crippen LogP contribution in [-0.4, -0.2) is 21.8 Å². The zero-order valence-electron chi connectivity index (χ0n) is 17.1. The normalized spacial score (nSPS) is 15.9. The minimum absolute atomic E-state index is 0.0430. The lowest BCUT2D eigenvalue weighted by Gasteiger charge is -2.18. The summed E-state index contributed by atoms with van der Waals surface area (Å²) in [5, 5.41) is 14.4. The van der Waals surface area contributed by atoms with Crippen LogP contribution >= 0.6 is 0 Å². The average molecular weight is 388 g/mol. The molecule has 3 aromatic rings. The highest BCUT2D eigenvalue weighted by Crippen LogP contribution is 2.40. The molecule has 2 heterocycles. The van der Waals surface area contributed by atoms with Crippen LogP contribution in [-0.2, 0) is 10.4 Å². The number of aliphatic imine (C=N–C) groups is 1.